The van der Waals surface area contributed by atoms with Crippen LogP contribution in [0.3, 0.4) is 0 Å². The van der Waals surface area contributed by atoms with Crippen molar-refractivity contribution >= 4 is 11.6 Å². The number of carbonyl (C=O) groups excluding carboxylic acids is 1. The first kappa shape index (κ1) is 15.0. The van der Waals surface area contributed by atoms with Gasteiger partial charge in [-0.1, -0.05) is 12.1 Å². The van der Waals surface area contributed by atoms with Crippen molar-refractivity contribution in [2.45, 2.75) is 13.8 Å². The highest BCUT2D eigenvalue weighted by molar-refractivity contribution is 6.03. The second kappa shape index (κ2) is 6.04. The van der Waals surface area contributed by atoms with Crippen LogP contribution < -0.4 is 5.32 Å². The minimum absolute atomic E-state index is 0.264. The summed E-state index contributed by atoms with van der Waals surface area (Å²) in [7, 11) is 0. The van der Waals surface area contributed by atoms with Gasteiger partial charge in [0.1, 0.15) is 11.5 Å². The van der Waals surface area contributed by atoms with Crippen LogP contribution in [0.15, 0.2) is 48.5 Å². The monoisotopic (exact) mass is 309 g/mol. The normalized spacial score (nSPS) is 10.6. The first-order valence-corrected chi connectivity index (χ1v) is 7.23. The molecule has 1 heterocycles. The van der Waals surface area contributed by atoms with Crippen LogP contribution in [-0.4, -0.2) is 16.1 Å². The molecule has 0 saturated heterocycles. The molecule has 0 radical (unpaired) electrons. The Kier molecular flexibility index (Phi) is 3.93. The molecule has 3 rings (SSSR count). The number of nitrogens with one attached hydrogen (secondary N) is 2. The van der Waals surface area contributed by atoms with E-state index in [1.807, 2.05) is 32.0 Å². The highest BCUT2D eigenvalue weighted by atomic mass is 19.1. The summed E-state index contributed by atoms with van der Waals surface area (Å²) >= 11 is 0. The summed E-state index contributed by atoms with van der Waals surface area (Å²) in [4.78, 5) is 12.3. The Balaban J connectivity index is 1.81. The molecule has 116 valence electrons. The van der Waals surface area contributed by atoms with Gasteiger partial charge >= 0.3 is 0 Å². The van der Waals surface area contributed by atoms with Gasteiger partial charge in [-0.15, -0.1) is 0 Å². The van der Waals surface area contributed by atoms with Crippen molar-refractivity contribution in [2.75, 3.05) is 5.32 Å². The van der Waals surface area contributed by atoms with Gasteiger partial charge in [0.25, 0.3) is 5.91 Å². The number of aromatic amines is 1. The quantitative estimate of drug-likeness (QED) is 0.765. The third-order valence-corrected chi connectivity index (χ3v) is 3.82. The topological polar surface area (TPSA) is 57.8 Å². The molecule has 2 aromatic carbocycles. The van der Waals surface area contributed by atoms with Crippen molar-refractivity contribution in [3.05, 3.63) is 71.2 Å². The summed E-state index contributed by atoms with van der Waals surface area (Å²) in [6, 6.07) is 13.4. The molecule has 0 aliphatic heterocycles. The van der Waals surface area contributed by atoms with E-state index < -0.39 is 0 Å². The fraction of sp³-hybridized carbons (Fsp3) is 0.111. The van der Waals surface area contributed by atoms with Crippen LogP contribution in [-0.2, 0) is 0 Å². The van der Waals surface area contributed by atoms with Gasteiger partial charge in [0.2, 0.25) is 0 Å². The van der Waals surface area contributed by atoms with E-state index in [-0.39, 0.29) is 11.7 Å². The van der Waals surface area contributed by atoms with Crippen molar-refractivity contribution in [2.24, 2.45) is 0 Å². The van der Waals surface area contributed by atoms with E-state index >= 15 is 0 Å². The molecule has 3 aromatic rings. The van der Waals surface area contributed by atoms with Gasteiger partial charge in [-0.05, 0) is 61.4 Å². The molecule has 2 N–H and O–H groups in total. The number of aryl methyl sites for hydroxylation is 1. The zero-order valence-corrected chi connectivity index (χ0v) is 12.9. The molecule has 1 aromatic heterocycles. The van der Waals surface area contributed by atoms with Gasteiger partial charge in [0.05, 0.1) is 5.69 Å². The number of rotatable bonds is 3. The SMILES string of the molecule is Cc1cccc(NC(=O)c2cc(-c3ccc(F)cc3)n[nH]2)c1C. The lowest BCUT2D eigenvalue weighted by atomic mass is 10.1. The van der Waals surface area contributed by atoms with E-state index in [0.717, 1.165) is 22.4 Å². The first-order valence-electron chi connectivity index (χ1n) is 7.23. The van der Waals surface area contributed by atoms with Gasteiger partial charge in [0.15, 0.2) is 0 Å². The summed E-state index contributed by atoms with van der Waals surface area (Å²) in [5, 5.41) is 9.70. The summed E-state index contributed by atoms with van der Waals surface area (Å²) < 4.78 is 13.0. The minimum Gasteiger partial charge on any atom is -0.320 e. The lowest BCUT2D eigenvalue weighted by Gasteiger charge is -2.09. The second-order valence-electron chi connectivity index (χ2n) is 5.38. The van der Waals surface area contributed by atoms with Crippen LogP contribution in [0.25, 0.3) is 11.3 Å². The smallest absolute Gasteiger partial charge is 0.273 e. The number of benzene rings is 2. The van der Waals surface area contributed by atoms with Gasteiger partial charge in [-0.25, -0.2) is 4.39 Å². The lowest BCUT2D eigenvalue weighted by molar-refractivity contribution is 0.102. The molecule has 0 aliphatic carbocycles. The average molecular weight is 309 g/mol. The number of nitrogens with zero attached hydrogens (tertiary/aromatic N) is 1. The number of aromatic nitrogens is 2. The van der Waals surface area contributed by atoms with Crippen molar-refractivity contribution in [3.63, 3.8) is 0 Å². The summed E-state index contributed by atoms with van der Waals surface area (Å²) in [6.45, 7) is 3.95. The maximum Gasteiger partial charge on any atom is 0.273 e. The highest BCUT2D eigenvalue weighted by Crippen LogP contribution is 2.21. The van der Waals surface area contributed by atoms with Crippen LogP contribution in [0.5, 0.6) is 0 Å². The first-order chi connectivity index (χ1) is 11.0. The number of carbonyl (C=O) groups is 1. The molecule has 4 nitrogen and oxygen atoms in total. The van der Waals surface area contributed by atoms with Crippen LogP contribution in [0.4, 0.5) is 10.1 Å². The van der Waals surface area contributed by atoms with E-state index in [1.54, 1.807) is 18.2 Å². The van der Waals surface area contributed by atoms with Crippen molar-refractivity contribution in [3.8, 4) is 11.3 Å². The number of hydrogen-bond acceptors (Lipinski definition) is 2. The number of amides is 1. The molecular formula is C18H16FN3O. The molecule has 23 heavy (non-hydrogen) atoms. The van der Waals surface area contributed by atoms with Gasteiger partial charge in [-0.3, -0.25) is 9.89 Å². The van der Waals surface area contributed by atoms with Gasteiger partial charge in [0, 0.05) is 11.3 Å². The molecule has 0 unspecified atom stereocenters. The zero-order chi connectivity index (χ0) is 16.4. The summed E-state index contributed by atoms with van der Waals surface area (Å²) in [5.74, 6) is -0.572. The Morgan fingerprint density at radius 3 is 2.61 bits per heavy atom. The minimum atomic E-state index is -0.308. The standard InChI is InChI=1S/C18H16FN3O/c1-11-4-3-5-15(12(11)2)20-18(23)17-10-16(21-22-17)13-6-8-14(19)9-7-13/h3-10H,1-2H3,(H,20,23)(H,21,22). The van der Waals surface area contributed by atoms with Gasteiger partial charge in [-0.2, -0.15) is 5.10 Å². The molecule has 0 fully saturated rings. The fourth-order valence-corrected chi connectivity index (χ4v) is 2.28. The van der Waals surface area contributed by atoms with E-state index in [1.165, 1.54) is 12.1 Å². The second-order valence-corrected chi connectivity index (χ2v) is 5.38. The van der Waals surface area contributed by atoms with Crippen LogP contribution in [0.2, 0.25) is 0 Å². The third-order valence-electron chi connectivity index (χ3n) is 3.82. The van der Waals surface area contributed by atoms with Crippen molar-refractivity contribution in [1.29, 1.82) is 0 Å². The Bertz CT molecular complexity index is 853. The Labute approximate surface area is 133 Å². The molecule has 0 aliphatic rings. The molecule has 1 amide bonds. The average Bonchev–Trinajstić information content (AvgIpc) is 3.02. The fourth-order valence-electron chi connectivity index (χ4n) is 2.28. The Morgan fingerprint density at radius 2 is 1.87 bits per heavy atom. The summed E-state index contributed by atoms with van der Waals surface area (Å²) in [5.41, 5.74) is 4.60. The van der Waals surface area contributed by atoms with E-state index in [2.05, 4.69) is 15.5 Å². The lowest BCUT2D eigenvalue weighted by Crippen LogP contribution is -2.13. The maximum atomic E-state index is 13.0. The zero-order valence-electron chi connectivity index (χ0n) is 12.9. The largest absolute Gasteiger partial charge is 0.320 e. The van der Waals surface area contributed by atoms with E-state index in [9.17, 15) is 9.18 Å². The van der Waals surface area contributed by atoms with Crippen LogP contribution in [0, 0.1) is 19.7 Å². The van der Waals surface area contributed by atoms with E-state index in [4.69, 9.17) is 0 Å². The molecule has 0 spiro atoms. The molecule has 0 bridgehead atoms. The van der Waals surface area contributed by atoms with Gasteiger partial charge < -0.3 is 5.32 Å². The predicted octanol–water partition coefficient (Wildman–Crippen LogP) is 4.08. The number of H-pyrrole nitrogens is 1. The molecule has 5 heteroatoms. The van der Waals surface area contributed by atoms with E-state index in [0.29, 0.717) is 11.4 Å². The summed E-state index contributed by atoms with van der Waals surface area (Å²) in [6.07, 6.45) is 0. The Morgan fingerprint density at radius 1 is 1.13 bits per heavy atom. The van der Waals surface area contributed by atoms with Crippen LogP contribution >= 0.6 is 0 Å². The molecule has 0 saturated carbocycles. The van der Waals surface area contributed by atoms with Crippen LogP contribution in [0.1, 0.15) is 21.6 Å². The Hall–Kier alpha value is -2.95. The number of anilines is 1. The number of halogens is 1. The van der Waals surface area contributed by atoms with Crippen molar-refractivity contribution < 1.29 is 9.18 Å². The van der Waals surface area contributed by atoms with Crippen molar-refractivity contribution in [1.82, 2.24) is 10.2 Å². The molecular weight excluding hydrogens is 293 g/mol. The number of hydrogen-bond donors (Lipinski definition) is 2. The highest BCUT2D eigenvalue weighted by Gasteiger charge is 2.12. The maximum absolute atomic E-state index is 13.0. The predicted molar refractivity (Wildman–Crippen MR) is 87.9 cm³/mol. The third kappa shape index (κ3) is 3.13. The molecule has 0 atom stereocenters.